The number of pyridine rings is 1. The predicted octanol–water partition coefficient (Wildman–Crippen LogP) is 0.276. The van der Waals surface area contributed by atoms with Gasteiger partial charge in [-0.15, -0.1) is 0 Å². The molecule has 0 aromatic carbocycles. The van der Waals surface area contributed by atoms with E-state index >= 15 is 0 Å². The van der Waals surface area contributed by atoms with E-state index in [1.54, 1.807) is 25.4 Å². The third kappa shape index (κ3) is 3.41. The molecule has 0 saturated heterocycles. The summed E-state index contributed by atoms with van der Waals surface area (Å²) in [5, 5.41) is 3.96. The van der Waals surface area contributed by atoms with Crippen LogP contribution in [0.4, 0.5) is 0 Å². The normalized spacial score (nSPS) is 13.3. The molecule has 2 rings (SSSR count). The molecule has 0 fully saturated rings. The summed E-state index contributed by atoms with van der Waals surface area (Å²) in [5.41, 5.74) is 6.20. The van der Waals surface area contributed by atoms with E-state index in [1.807, 2.05) is 6.07 Å². The lowest BCUT2D eigenvalue weighted by Gasteiger charge is -2.13. The van der Waals surface area contributed by atoms with Gasteiger partial charge in [0.25, 0.3) is 0 Å². The van der Waals surface area contributed by atoms with Crippen LogP contribution < -0.4 is 10.5 Å². The average Bonchev–Trinajstić information content (AvgIpc) is 2.89. The van der Waals surface area contributed by atoms with Crippen LogP contribution in [0, 0.1) is 0 Å². The number of hydrogen-bond acceptors (Lipinski definition) is 5. The van der Waals surface area contributed by atoms with Gasteiger partial charge in [-0.3, -0.25) is 9.67 Å². The highest BCUT2D eigenvalue weighted by Gasteiger charge is 2.20. The minimum Gasteiger partial charge on any atom is -0.329 e. The van der Waals surface area contributed by atoms with Crippen molar-refractivity contribution in [2.24, 2.45) is 5.73 Å². The molecule has 0 radical (unpaired) electrons. The lowest BCUT2D eigenvalue weighted by atomic mass is 10.2. The molecule has 1 atom stereocenters. The Morgan fingerprint density at radius 2 is 2.25 bits per heavy atom. The van der Waals surface area contributed by atoms with Gasteiger partial charge >= 0.3 is 0 Å². The van der Waals surface area contributed by atoms with Crippen molar-refractivity contribution < 1.29 is 8.42 Å². The van der Waals surface area contributed by atoms with Gasteiger partial charge in [-0.1, -0.05) is 6.07 Å². The molecular formula is C12H17N5O2S. The van der Waals surface area contributed by atoms with Crippen LogP contribution in [0.1, 0.15) is 18.5 Å². The number of nitrogens with zero attached hydrogens (tertiary/aromatic N) is 3. The third-order valence-corrected chi connectivity index (χ3v) is 4.29. The molecule has 0 aliphatic rings. The van der Waals surface area contributed by atoms with Crippen molar-refractivity contribution >= 4 is 10.0 Å². The fourth-order valence-electron chi connectivity index (χ4n) is 1.74. The highest BCUT2D eigenvalue weighted by Crippen LogP contribution is 2.15. The molecule has 3 N–H and O–H groups in total. The molecule has 0 aliphatic carbocycles. The zero-order chi connectivity index (χ0) is 14.6. The SMILES string of the molecule is CC(NS(=O)(=O)c1cnn(CCN)c1)c1cccnc1. The number of rotatable bonds is 6. The standard InChI is InChI=1S/C12H17N5O2S/c1-10(11-3-2-5-14-7-11)16-20(18,19)12-8-15-17(9-12)6-4-13/h2-3,5,7-10,16H,4,6,13H2,1H3. The van der Waals surface area contributed by atoms with Gasteiger partial charge in [0.2, 0.25) is 10.0 Å². The molecule has 0 aliphatic heterocycles. The summed E-state index contributed by atoms with van der Waals surface area (Å²) in [6.07, 6.45) is 6.05. The maximum Gasteiger partial charge on any atom is 0.244 e. The van der Waals surface area contributed by atoms with Crippen LogP contribution >= 0.6 is 0 Å². The summed E-state index contributed by atoms with van der Waals surface area (Å²) in [4.78, 5) is 4.10. The molecule has 2 aromatic rings. The van der Waals surface area contributed by atoms with Crippen molar-refractivity contribution in [2.75, 3.05) is 6.54 Å². The molecule has 2 heterocycles. The lowest BCUT2D eigenvalue weighted by molar-refractivity contribution is 0.566. The summed E-state index contributed by atoms with van der Waals surface area (Å²) in [6, 6.07) is 3.21. The second-order valence-corrected chi connectivity index (χ2v) is 6.07. The maximum atomic E-state index is 12.2. The van der Waals surface area contributed by atoms with E-state index in [4.69, 9.17) is 5.73 Å². The van der Waals surface area contributed by atoms with Crippen LogP contribution in [0.3, 0.4) is 0 Å². The molecule has 0 amide bonds. The Morgan fingerprint density at radius 1 is 1.45 bits per heavy atom. The summed E-state index contributed by atoms with van der Waals surface area (Å²) in [7, 11) is -3.61. The van der Waals surface area contributed by atoms with E-state index in [9.17, 15) is 8.42 Å². The average molecular weight is 295 g/mol. The minimum atomic E-state index is -3.61. The fraction of sp³-hybridized carbons (Fsp3) is 0.333. The molecule has 1 unspecified atom stereocenters. The highest BCUT2D eigenvalue weighted by molar-refractivity contribution is 7.89. The van der Waals surface area contributed by atoms with Gasteiger partial charge in [0.1, 0.15) is 4.90 Å². The molecule has 0 spiro atoms. The molecule has 0 saturated carbocycles. The Balaban J connectivity index is 2.14. The minimum absolute atomic E-state index is 0.127. The lowest BCUT2D eigenvalue weighted by Crippen LogP contribution is -2.26. The molecule has 8 heteroatoms. The second-order valence-electron chi connectivity index (χ2n) is 4.36. The molecular weight excluding hydrogens is 278 g/mol. The van der Waals surface area contributed by atoms with Crippen molar-refractivity contribution in [1.29, 1.82) is 0 Å². The zero-order valence-corrected chi connectivity index (χ0v) is 11.9. The highest BCUT2D eigenvalue weighted by atomic mass is 32.2. The Bertz CT molecular complexity index is 653. The Kier molecular flexibility index (Phi) is 4.48. The van der Waals surface area contributed by atoms with Crippen molar-refractivity contribution in [3.05, 3.63) is 42.5 Å². The van der Waals surface area contributed by atoms with Crippen LogP contribution in [0.25, 0.3) is 0 Å². The largest absolute Gasteiger partial charge is 0.329 e. The van der Waals surface area contributed by atoms with E-state index in [1.165, 1.54) is 17.1 Å². The zero-order valence-electron chi connectivity index (χ0n) is 11.1. The van der Waals surface area contributed by atoms with Crippen LogP contribution in [-0.2, 0) is 16.6 Å². The van der Waals surface area contributed by atoms with Crippen molar-refractivity contribution in [2.45, 2.75) is 24.4 Å². The van der Waals surface area contributed by atoms with Crippen molar-refractivity contribution in [3.8, 4) is 0 Å². The first kappa shape index (κ1) is 14.6. The number of sulfonamides is 1. The quantitative estimate of drug-likeness (QED) is 0.796. The van der Waals surface area contributed by atoms with Crippen LogP contribution in [0.15, 0.2) is 41.8 Å². The Labute approximate surface area is 117 Å². The van der Waals surface area contributed by atoms with Crippen LogP contribution in [0.5, 0.6) is 0 Å². The van der Waals surface area contributed by atoms with Gasteiger partial charge in [0, 0.05) is 31.2 Å². The summed E-state index contributed by atoms with van der Waals surface area (Å²) >= 11 is 0. The predicted molar refractivity (Wildman–Crippen MR) is 74.3 cm³/mol. The first-order chi connectivity index (χ1) is 9.53. The number of hydrogen-bond donors (Lipinski definition) is 2. The number of nitrogens with one attached hydrogen (secondary N) is 1. The third-order valence-electron chi connectivity index (χ3n) is 2.79. The Morgan fingerprint density at radius 3 is 2.90 bits per heavy atom. The number of nitrogens with two attached hydrogens (primary N) is 1. The van der Waals surface area contributed by atoms with Gasteiger partial charge in [-0.2, -0.15) is 5.10 Å². The van der Waals surface area contributed by atoms with Crippen molar-refractivity contribution in [3.63, 3.8) is 0 Å². The van der Waals surface area contributed by atoms with Gasteiger partial charge in [0.05, 0.1) is 12.7 Å². The van der Waals surface area contributed by atoms with E-state index < -0.39 is 10.0 Å². The van der Waals surface area contributed by atoms with E-state index in [-0.39, 0.29) is 10.9 Å². The number of aromatic nitrogens is 3. The maximum absolute atomic E-state index is 12.2. The second kappa shape index (κ2) is 6.12. The fourth-order valence-corrected chi connectivity index (χ4v) is 2.92. The van der Waals surface area contributed by atoms with Gasteiger partial charge in [0.15, 0.2) is 0 Å². The van der Waals surface area contributed by atoms with Crippen molar-refractivity contribution in [1.82, 2.24) is 19.5 Å². The Hall–Kier alpha value is -1.77. The van der Waals surface area contributed by atoms with Gasteiger partial charge in [-0.25, -0.2) is 13.1 Å². The molecule has 2 aromatic heterocycles. The van der Waals surface area contributed by atoms with E-state index in [2.05, 4.69) is 14.8 Å². The van der Waals surface area contributed by atoms with Crippen LogP contribution in [0.2, 0.25) is 0 Å². The monoisotopic (exact) mass is 295 g/mol. The van der Waals surface area contributed by atoms with Gasteiger partial charge in [-0.05, 0) is 18.6 Å². The molecule has 108 valence electrons. The topological polar surface area (TPSA) is 103 Å². The summed E-state index contributed by atoms with van der Waals surface area (Å²) in [5.74, 6) is 0. The summed E-state index contributed by atoms with van der Waals surface area (Å²) < 4.78 is 28.5. The smallest absolute Gasteiger partial charge is 0.244 e. The van der Waals surface area contributed by atoms with E-state index in [0.29, 0.717) is 13.1 Å². The molecule has 0 bridgehead atoms. The first-order valence-electron chi connectivity index (χ1n) is 6.17. The van der Waals surface area contributed by atoms with Gasteiger partial charge < -0.3 is 5.73 Å². The summed E-state index contributed by atoms with van der Waals surface area (Å²) in [6.45, 7) is 2.65. The van der Waals surface area contributed by atoms with Crippen LogP contribution in [-0.4, -0.2) is 29.7 Å². The van der Waals surface area contributed by atoms with E-state index in [0.717, 1.165) is 5.56 Å². The first-order valence-corrected chi connectivity index (χ1v) is 7.66. The molecule has 20 heavy (non-hydrogen) atoms. The molecule has 7 nitrogen and oxygen atoms in total.